The molecule has 0 saturated heterocycles. The number of amides is 1. The average Bonchev–Trinajstić information content (AvgIpc) is 2.74. The maximum absolute atomic E-state index is 12.1. The number of rotatable bonds is 3. The minimum Gasteiger partial charge on any atom is -0.466 e. The molecular formula is C18H23NO2. The molecule has 2 aromatic rings. The topological polar surface area (TPSA) is 42.2 Å². The smallest absolute Gasteiger partial charge is 0.255 e. The Balaban J connectivity index is 2.00. The highest BCUT2D eigenvalue weighted by atomic mass is 16.3. The van der Waals surface area contributed by atoms with Gasteiger partial charge in [0.05, 0.1) is 5.56 Å². The fourth-order valence-corrected chi connectivity index (χ4v) is 2.26. The van der Waals surface area contributed by atoms with Crippen molar-refractivity contribution in [3.05, 3.63) is 58.5 Å². The predicted molar refractivity (Wildman–Crippen MR) is 84.5 cm³/mol. The van der Waals surface area contributed by atoms with E-state index < -0.39 is 0 Å². The van der Waals surface area contributed by atoms with E-state index in [1.165, 1.54) is 5.56 Å². The summed E-state index contributed by atoms with van der Waals surface area (Å²) in [4.78, 5) is 12.1. The van der Waals surface area contributed by atoms with Crippen LogP contribution in [0.1, 0.15) is 53.8 Å². The monoisotopic (exact) mass is 285 g/mol. The van der Waals surface area contributed by atoms with Crippen molar-refractivity contribution < 1.29 is 9.21 Å². The molecule has 112 valence electrons. The molecule has 2 rings (SSSR count). The van der Waals surface area contributed by atoms with Crippen molar-refractivity contribution in [3.63, 3.8) is 0 Å². The molecule has 1 aromatic carbocycles. The third kappa shape index (κ3) is 3.75. The van der Waals surface area contributed by atoms with Gasteiger partial charge in [0.15, 0.2) is 0 Å². The van der Waals surface area contributed by atoms with Crippen LogP contribution in [0.4, 0.5) is 0 Å². The third-order valence-corrected chi connectivity index (χ3v) is 3.56. The van der Waals surface area contributed by atoms with Crippen LogP contribution >= 0.6 is 0 Å². The number of nitrogens with one attached hydrogen (secondary N) is 1. The van der Waals surface area contributed by atoms with Crippen LogP contribution in [-0.2, 0) is 12.0 Å². The van der Waals surface area contributed by atoms with Crippen molar-refractivity contribution in [2.24, 2.45) is 0 Å². The van der Waals surface area contributed by atoms with Crippen LogP contribution < -0.4 is 5.32 Å². The first-order valence-corrected chi connectivity index (χ1v) is 7.22. The van der Waals surface area contributed by atoms with Gasteiger partial charge in [-0.1, -0.05) is 45.0 Å². The van der Waals surface area contributed by atoms with E-state index >= 15 is 0 Å². The summed E-state index contributed by atoms with van der Waals surface area (Å²) in [6.45, 7) is 10.7. The lowest BCUT2D eigenvalue weighted by atomic mass is 9.87. The van der Waals surface area contributed by atoms with Crippen molar-refractivity contribution in [3.8, 4) is 0 Å². The molecule has 0 radical (unpaired) electrons. The number of carbonyl (C=O) groups is 1. The molecule has 3 heteroatoms. The minimum atomic E-state index is -0.0933. The summed E-state index contributed by atoms with van der Waals surface area (Å²) >= 11 is 0. The number of hydrogen-bond donors (Lipinski definition) is 1. The molecule has 21 heavy (non-hydrogen) atoms. The van der Waals surface area contributed by atoms with Gasteiger partial charge in [0, 0.05) is 6.54 Å². The van der Waals surface area contributed by atoms with Gasteiger partial charge in [-0.2, -0.15) is 0 Å². The van der Waals surface area contributed by atoms with Crippen LogP contribution in [0.15, 0.2) is 34.7 Å². The maximum atomic E-state index is 12.1. The summed E-state index contributed by atoms with van der Waals surface area (Å²) in [5, 5.41) is 2.93. The largest absolute Gasteiger partial charge is 0.466 e. The SMILES string of the molecule is Cc1cc(C(=O)NCc2ccc(C(C)(C)C)cc2)c(C)o1. The Hall–Kier alpha value is -2.03. The van der Waals surface area contributed by atoms with Crippen molar-refractivity contribution in [2.75, 3.05) is 0 Å². The van der Waals surface area contributed by atoms with Gasteiger partial charge in [0.2, 0.25) is 0 Å². The van der Waals surface area contributed by atoms with Gasteiger partial charge in [0.1, 0.15) is 11.5 Å². The van der Waals surface area contributed by atoms with E-state index in [1.807, 2.05) is 6.92 Å². The molecule has 0 aliphatic rings. The third-order valence-electron chi connectivity index (χ3n) is 3.56. The molecule has 0 bridgehead atoms. The molecule has 3 nitrogen and oxygen atoms in total. The Labute approximate surface area is 126 Å². The minimum absolute atomic E-state index is 0.0933. The van der Waals surface area contributed by atoms with Crippen LogP contribution in [0, 0.1) is 13.8 Å². The van der Waals surface area contributed by atoms with Crippen molar-refractivity contribution in [1.29, 1.82) is 0 Å². The molecule has 0 aliphatic carbocycles. The fraction of sp³-hybridized carbons (Fsp3) is 0.389. The first kappa shape index (κ1) is 15.4. The standard InChI is InChI=1S/C18H23NO2/c1-12-10-16(13(2)21-12)17(20)19-11-14-6-8-15(9-7-14)18(3,4)5/h6-10H,11H2,1-5H3,(H,19,20). The van der Waals surface area contributed by atoms with Crippen LogP contribution in [0.3, 0.4) is 0 Å². The highest BCUT2D eigenvalue weighted by molar-refractivity contribution is 5.95. The van der Waals surface area contributed by atoms with Crippen LogP contribution in [0.25, 0.3) is 0 Å². The van der Waals surface area contributed by atoms with Crippen LogP contribution in [0.5, 0.6) is 0 Å². The summed E-state index contributed by atoms with van der Waals surface area (Å²) < 4.78 is 5.38. The predicted octanol–water partition coefficient (Wildman–Crippen LogP) is 4.12. The van der Waals surface area contributed by atoms with Crippen LogP contribution in [0.2, 0.25) is 0 Å². The van der Waals surface area contributed by atoms with Gasteiger partial charge < -0.3 is 9.73 Å². The second kappa shape index (κ2) is 5.76. The number of hydrogen-bond acceptors (Lipinski definition) is 2. The summed E-state index contributed by atoms with van der Waals surface area (Å²) in [7, 11) is 0. The zero-order chi connectivity index (χ0) is 15.6. The molecule has 0 unspecified atom stereocenters. The quantitative estimate of drug-likeness (QED) is 0.921. The van der Waals surface area contributed by atoms with Crippen molar-refractivity contribution in [1.82, 2.24) is 5.32 Å². The van der Waals surface area contributed by atoms with Gasteiger partial charge in [-0.25, -0.2) is 0 Å². The van der Waals surface area contributed by atoms with E-state index in [2.05, 4.69) is 50.4 Å². The number of aryl methyl sites for hydroxylation is 2. The van der Waals surface area contributed by atoms with Crippen molar-refractivity contribution in [2.45, 2.75) is 46.6 Å². The van der Waals surface area contributed by atoms with E-state index in [0.29, 0.717) is 17.9 Å². The van der Waals surface area contributed by atoms with Gasteiger partial charge in [-0.3, -0.25) is 4.79 Å². The summed E-state index contributed by atoms with van der Waals surface area (Å²) in [6.07, 6.45) is 0. The molecular weight excluding hydrogens is 262 g/mol. The summed E-state index contributed by atoms with van der Waals surface area (Å²) in [5.41, 5.74) is 3.14. The van der Waals surface area contributed by atoms with Gasteiger partial charge >= 0.3 is 0 Å². The Morgan fingerprint density at radius 2 is 1.76 bits per heavy atom. The van der Waals surface area contributed by atoms with E-state index in [1.54, 1.807) is 13.0 Å². The Kier molecular flexibility index (Phi) is 4.21. The van der Waals surface area contributed by atoms with Gasteiger partial charge in [-0.05, 0) is 36.5 Å². The Morgan fingerprint density at radius 1 is 1.14 bits per heavy atom. The highest BCUT2D eigenvalue weighted by Gasteiger charge is 2.14. The highest BCUT2D eigenvalue weighted by Crippen LogP contribution is 2.22. The number of furan rings is 1. The van der Waals surface area contributed by atoms with Gasteiger partial charge in [-0.15, -0.1) is 0 Å². The lowest BCUT2D eigenvalue weighted by Gasteiger charge is -2.19. The molecule has 0 saturated carbocycles. The molecule has 0 fully saturated rings. The fourth-order valence-electron chi connectivity index (χ4n) is 2.26. The second-order valence-corrected chi connectivity index (χ2v) is 6.46. The molecule has 1 N–H and O–H groups in total. The summed E-state index contributed by atoms with van der Waals surface area (Å²) in [6, 6.07) is 10.1. The Morgan fingerprint density at radius 3 is 2.24 bits per heavy atom. The second-order valence-electron chi connectivity index (χ2n) is 6.46. The molecule has 0 spiro atoms. The van der Waals surface area contributed by atoms with E-state index in [0.717, 1.165) is 11.3 Å². The lowest BCUT2D eigenvalue weighted by molar-refractivity contribution is 0.0949. The molecule has 1 heterocycles. The van der Waals surface area contributed by atoms with Crippen molar-refractivity contribution >= 4 is 5.91 Å². The number of benzene rings is 1. The molecule has 1 amide bonds. The molecule has 0 atom stereocenters. The number of carbonyl (C=O) groups excluding carboxylic acids is 1. The Bertz CT molecular complexity index is 630. The zero-order valence-electron chi connectivity index (χ0n) is 13.4. The average molecular weight is 285 g/mol. The van der Waals surface area contributed by atoms with E-state index in [4.69, 9.17) is 4.42 Å². The molecule has 0 aliphatic heterocycles. The normalized spacial score (nSPS) is 11.5. The summed E-state index contributed by atoms with van der Waals surface area (Å²) in [5.74, 6) is 1.32. The first-order chi connectivity index (χ1) is 9.77. The lowest BCUT2D eigenvalue weighted by Crippen LogP contribution is -2.23. The van der Waals surface area contributed by atoms with E-state index in [-0.39, 0.29) is 11.3 Å². The molecule has 1 aromatic heterocycles. The van der Waals surface area contributed by atoms with Crippen LogP contribution in [-0.4, -0.2) is 5.91 Å². The first-order valence-electron chi connectivity index (χ1n) is 7.22. The zero-order valence-corrected chi connectivity index (χ0v) is 13.4. The van der Waals surface area contributed by atoms with Gasteiger partial charge in [0.25, 0.3) is 5.91 Å². The maximum Gasteiger partial charge on any atom is 0.255 e. The van der Waals surface area contributed by atoms with E-state index in [9.17, 15) is 4.79 Å².